The molecular formula is C10H18O3. The van der Waals surface area contributed by atoms with Gasteiger partial charge in [0.25, 0.3) is 0 Å². The zero-order valence-corrected chi connectivity index (χ0v) is 8.45. The lowest BCUT2D eigenvalue weighted by Crippen LogP contribution is -2.37. The number of carboxylic acid groups (broad SMARTS) is 1. The predicted molar refractivity (Wildman–Crippen MR) is 49.3 cm³/mol. The summed E-state index contributed by atoms with van der Waals surface area (Å²) in [6.07, 6.45) is 0.642. The Morgan fingerprint density at radius 1 is 1.46 bits per heavy atom. The second-order valence-corrected chi connectivity index (χ2v) is 4.69. The average Bonchev–Trinajstić information content (AvgIpc) is 2.26. The number of aliphatic carboxylic acids is 1. The predicted octanol–water partition coefficient (Wildman–Crippen LogP) is 1.50. The normalized spacial score (nSPS) is 34.5. The molecule has 3 heteroatoms. The summed E-state index contributed by atoms with van der Waals surface area (Å²) in [6, 6.07) is 0. The van der Waals surface area contributed by atoms with E-state index in [0.717, 1.165) is 12.8 Å². The number of hydrogen-bond acceptors (Lipinski definition) is 2. The van der Waals surface area contributed by atoms with Gasteiger partial charge in [-0.25, -0.2) is 4.79 Å². The van der Waals surface area contributed by atoms with Crippen molar-refractivity contribution in [2.45, 2.75) is 39.7 Å². The van der Waals surface area contributed by atoms with Crippen LogP contribution in [0.15, 0.2) is 0 Å². The number of carboxylic acids is 1. The van der Waals surface area contributed by atoms with Gasteiger partial charge in [0, 0.05) is 5.92 Å². The Morgan fingerprint density at radius 3 is 2.31 bits per heavy atom. The van der Waals surface area contributed by atoms with Gasteiger partial charge in [0.2, 0.25) is 0 Å². The lowest BCUT2D eigenvalue weighted by Gasteiger charge is -2.32. The van der Waals surface area contributed by atoms with Crippen molar-refractivity contribution in [1.82, 2.24) is 0 Å². The number of aliphatic hydroxyl groups excluding tert-OH is 1. The van der Waals surface area contributed by atoms with E-state index in [1.54, 1.807) is 0 Å². The van der Waals surface area contributed by atoms with Gasteiger partial charge in [-0.3, -0.25) is 0 Å². The molecule has 0 aromatic rings. The molecule has 0 radical (unpaired) electrons. The van der Waals surface area contributed by atoms with Crippen molar-refractivity contribution in [2.75, 3.05) is 0 Å². The molecule has 0 spiro atoms. The standard InChI is InChI=1S/C10H18O3/c1-6-4-5-7(10(6,2)3)8(11)9(12)13/h6-8,11H,4-5H2,1-3H3,(H,12,13)/t6-,7+,8-/m1/s1. The first kappa shape index (κ1) is 10.5. The topological polar surface area (TPSA) is 57.5 Å². The molecule has 0 aromatic heterocycles. The zero-order chi connectivity index (χ0) is 10.2. The molecule has 1 aliphatic rings. The highest BCUT2D eigenvalue weighted by Crippen LogP contribution is 2.48. The highest BCUT2D eigenvalue weighted by molar-refractivity contribution is 5.72. The molecule has 0 amide bonds. The van der Waals surface area contributed by atoms with Crippen LogP contribution in [0.1, 0.15) is 33.6 Å². The molecule has 3 atom stereocenters. The molecular weight excluding hydrogens is 168 g/mol. The molecule has 3 nitrogen and oxygen atoms in total. The summed E-state index contributed by atoms with van der Waals surface area (Å²) >= 11 is 0. The third-order valence-corrected chi connectivity index (χ3v) is 3.77. The molecule has 0 heterocycles. The summed E-state index contributed by atoms with van der Waals surface area (Å²) in [5, 5.41) is 18.2. The van der Waals surface area contributed by atoms with E-state index in [1.165, 1.54) is 0 Å². The smallest absolute Gasteiger partial charge is 0.332 e. The van der Waals surface area contributed by atoms with Crippen molar-refractivity contribution in [3.63, 3.8) is 0 Å². The number of rotatable bonds is 2. The Bertz CT molecular complexity index is 210. The van der Waals surface area contributed by atoms with Gasteiger partial charge in [0.1, 0.15) is 0 Å². The highest BCUT2D eigenvalue weighted by Gasteiger charge is 2.45. The molecule has 13 heavy (non-hydrogen) atoms. The summed E-state index contributed by atoms with van der Waals surface area (Å²) in [5.74, 6) is -0.696. The quantitative estimate of drug-likeness (QED) is 0.687. The van der Waals surface area contributed by atoms with Crippen LogP contribution in [0.25, 0.3) is 0 Å². The second kappa shape index (κ2) is 3.29. The summed E-state index contributed by atoms with van der Waals surface area (Å²) < 4.78 is 0. The Labute approximate surface area is 78.8 Å². The molecule has 0 aliphatic heterocycles. The molecule has 76 valence electrons. The molecule has 1 fully saturated rings. The van der Waals surface area contributed by atoms with Gasteiger partial charge in [0.15, 0.2) is 6.10 Å². The zero-order valence-electron chi connectivity index (χ0n) is 8.45. The third kappa shape index (κ3) is 1.70. The SMILES string of the molecule is C[C@@H]1CC[C@@H]([C@@H](O)C(=O)O)C1(C)C. The van der Waals surface area contributed by atoms with Crippen molar-refractivity contribution >= 4 is 5.97 Å². The van der Waals surface area contributed by atoms with E-state index >= 15 is 0 Å². The van der Waals surface area contributed by atoms with Gasteiger partial charge in [-0.15, -0.1) is 0 Å². The maximum atomic E-state index is 10.6. The van der Waals surface area contributed by atoms with Gasteiger partial charge in [-0.2, -0.15) is 0 Å². The van der Waals surface area contributed by atoms with Crippen LogP contribution in [0.4, 0.5) is 0 Å². The summed E-state index contributed by atoms with van der Waals surface area (Å²) in [4.78, 5) is 10.6. The van der Waals surface area contributed by atoms with Crippen molar-refractivity contribution < 1.29 is 15.0 Å². The average molecular weight is 186 g/mol. The van der Waals surface area contributed by atoms with Crippen molar-refractivity contribution in [1.29, 1.82) is 0 Å². The lowest BCUT2D eigenvalue weighted by atomic mass is 9.74. The number of carbonyl (C=O) groups is 1. The highest BCUT2D eigenvalue weighted by atomic mass is 16.4. The number of aliphatic hydroxyl groups is 1. The Kier molecular flexibility index (Phi) is 2.66. The van der Waals surface area contributed by atoms with E-state index in [4.69, 9.17) is 5.11 Å². The number of hydrogen-bond donors (Lipinski definition) is 2. The first-order chi connectivity index (χ1) is 5.87. The fourth-order valence-electron chi connectivity index (χ4n) is 2.28. The van der Waals surface area contributed by atoms with Crippen LogP contribution in [0.3, 0.4) is 0 Å². The van der Waals surface area contributed by atoms with Gasteiger partial charge in [-0.05, 0) is 24.2 Å². The summed E-state index contributed by atoms with van der Waals surface area (Å²) in [6.45, 7) is 6.21. The molecule has 1 saturated carbocycles. The van der Waals surface area contributed by atoms with Crippen LogP contribution in [-0.4, -0.2) is 22.3 Å². The molecule has 1 rings (SSSR count). The van der Waals surface area contributed by atoms with Gasteiger partial charge in [-0.1, -0.05) is 20.8 Å². The van der Waals surface area contributed by atoms with E-state index in [-0.39, 0.29) is 11.3 Å². The first-order valence-electron chi connectivity index (χ1n) is 4.78. The van der Waals surface area contributed by atoms with Crippen molar-refractivity contribution in [2.24, 2.45) is 17.3 Å². The van der Waals surface area contributed by atoms with Crippen LogP contribution in [-0.2, 0) is 4.79 Å². The van der Waals surface area contributed by atoms with Crippen LogP contribution >= 0.6 is 0 Å². The minimum absolute atomic E-state index is 0.0577. The lowest BCUT2D eigenvalue weighted by molar-refractivity contribution is -0.152. The minimum atomic E-state index is -1.19. The van der Waals surface area contributed by atoms with Gasteiger partial charge < -0.3 is 10.2 Å². The maximum absolute atomic E-state index is 10.6. The largest absolute Gasteiger partial charge is 0.479 e. The van der Waals surface area contributed by atoms with Crippen LogP contribution in [0, 0.1) is 17.3 Å². The Hall–Kier alpha value is -0.570. The van der Waals surface area contributed by atoms with E-state index in [9.17, 15) is 9.90 Å². The van der Waals surface area contributed by atoms with E-state index in [2.05, 4.69) is 6.92 Å². The van der Waals surface area contributed by atoms with Crippen molar-refractivity contribution in [3.8, 4) is 0 Å². The third-order valence-electron chi connectivity index (χ3n) is 3.77. The monoisotopic (exact) mass is 186 g/mol. The second-order valence-electron chi connectivity index (χ2n) is 4.69. The molecule has 1 aliphatic carbocycles. The molecule has 2 N–H and O–H groups in total. The first-order valence-corrected chi connectivity index (χ1v) is 4.78. The van der Waals surface area contributed by atoms with E-state index in [1.807, 2.05) is 13.8 Å². The maximum Gasteiger partial charge on any atom is 0.332 e. The van der Waals surface area contributed by atoms with Gasteiger partial charge in [0.05, 0.1) is 0 Å². The van der Waals surface area contributed by atoms with E-state index in [0.29, 0.717) is 5.92 Å². The van der Waals surface area contributed by atoms with E-state index < -0.39 is 12.1 Å². The van der Waals surface area contributed by atoms with Crippen LogP contribution in [0.5, 0.6) is 0 Å². The Morgan fingerprint density at radius 2 is 2.00 bits per heavy atom. The molecule has 0 bridgehead atoms. The fourth-order valence-corrected chi connectivity index (χ4v) is 2.28. The minimum Gasteiger partial charge on any atom is -0.479 e. The van der Waals surface area contributed by atoms with Crippen molar-refractivity contribution in [3.05, 3.63) is 0 Å². The molecule has 0 saturated heterocycles. The van der Waals surface area contributed by atoms with Crippen LogP contribution < -0.4 is 0 Å². The molecule has 0 aromatic carbocycles. The van der Waals surface area contributed by atoms with Gasteiger partial charge >= 0.3 is 5.97 Å². The summed E-state index contributed by atoms with van der Waals surface area (Å²) in [7, 11) is 0. The Balaban J connectivity index is 2.77. The molecule has 0 unspecified atom stereocenters. The van der Waals surface area contributed by atoms with Crippen LogP contribution in [0.2, 0.25) is 0 Å². The summed E-state index contributed by atoms with van der Waals surface area (Å²) in [5.41, 5.74) is -0.0577. The fraction of sp³-hybridized carbons (Fsp3) is 0.900.